The number of ether oxygens (including phenoxy) is 1. The maximum Gasteiger partial charge on any atom is 0.234 e. The van der Waals surface area contributed by atoms with E-state index in [4.69, 9.17) is 4.74 Å². The molecule has 31 heavy (non-hydrogen) atoms. The molecule has 2 rings (SSSR count). The lowest BCUT2D eigenvalue weighted by Gasteiger charge is -2.32. The predicted octanol–water partition coefficient (Wildman–Crippen LogP) is 2.51. The zero-order valence-electron chi connectivity index (χ0n) is 18.3. The minimum absolute atomic E-state index is 0. The SMILES string of the molecule is CCCNC(=O)CN1CCC(NC(=NCCOc2ccc(F)c(F)c2)NCC)CC1.I. The van der Waals surface area contributed by atoms with Gasteiger partial charge in [0, 0.05) is 38.3 Å². The van der Waals surface area contributed by atoms with E-state index >= 15 is 0 Å². The van der Waals surface area contributed by atoms with Crippen LogP contribution in [0.25, 0.3) is 0 Å². The van der Waals surface area contributed by atoms with Gasteiger partial charge in [-0.2, -0.15) is 0 Å². The molecule has 10 heteroatoms. The van der Waals surface area contributed by atoms with Gasteiger partial charge in [-0.15, -0.1) is 24.0 Å². The molecule has 0 unspecified atom stereocenters. The van der Waals surface area contributed by atoms with E-state index in [0.29, 0.717) is 19.0 Å². The summed E-state index contributed by atoms with van der Waals surface area (Å²) in [6.45, 7) is 8.28. The maximum absolute atomic E-state index is 13.2. The quantitative estimate of drug-likeness (QED) is 0.180. The summed E-state index contributed by atoms with van der Waals surface area (Å²) in [6, 6.07) is 3.74. The molecule has 1 saturated heterocycles. The van der Waals surface area contributed by atoms with Gasteiger partial charge in [0.2, 0.25) is 5.91 Å². The van der Waals surface area contributed by atoms with E-state index in [0.717, 1.165) is 57.6 Å². The molecule has 0 aliphatic carbocycles. The number of hydrogen-bond acceptors (Lipinski definition) is 4. The van der Waals surface area contributed by atoms with Crippen molar-refractivity contribution in [2.75, 3.05) is 45.9 Å². The predicted molar refractivity (Wildman–Crippen MR) is 129 cm³/mol. The van der Waals surface area contributed by atoms with E-state index in [1.165, 1.54) is 6.07 Å². The molecule has 0 saturated carbocycles. The van der Waals surface area contributed by atoms with E-state index in [9.17, 15) is 13.6 Å². The van der Waals surface area contributed by atoms with Crippen molar-refractivity contribution in [3.63, 3.8) is 0 Å². The summed E-state index contributed by atoms with van der Waals surface area (Å²) in [7, 11) is 0. The molecule has 1 heterocycles. The van der Waals surface area contributed by atoms with E-state index in [1.54, 1.807) is 0 Å². The number of likely N-dealkylation sites (tertiary alicyclic amines) is 1. The number of amides is 1. The Morgan fingerprint density at radius 1 is 1.19 bits per heavy atom. The Labute approximate surface area is 200 Å². The second kappa shape index (κ2) is 15.2. The molecule has 0 bridgehead atoms. The molecule has 0 aromatic heterocycles. The Balaban J connectivity index is 0.00000480. The molecular formula is C21H34F2IN5O2. The monoisotopic (exact) mass is 553 g/mol. The molecule has 1 amide bonds. The molecule has 1 aromatic carbocycles. The summed E-state index contributed by atoms with van der Waals surface area (Å²) >= 11 is 0. The van der Waals surface area contributed by atoms with Crippen molar-refractivity contribution in [3.05, 3.63) is 29.8 Å². The highest BCUT2D eigenvalue weighted by Crippen LogP contribution is 2.15. The number of nitrogens with one attached hydrogen (secondary N) is 3. The standard InChI is InChI=1S/C21H33F2N5O2.HI/c1-3-9-25-20(29)15-28-11-7-16(8-12-28)27-21(24-4-2)26-10-13-30-17-5-6-18(22)19(23)14-17;/h5-6,14,16H,3-4,7-13,15H2,1-2H3,(H,25,29)(H2,24,26,27);1H. The molecular weight excluding hydrogens is 519 g/mol. The third kappa shape index (κ3) is 10.4. The largest absolute Gasteiger partial charge is 0.492 e. The highest BCUT2D eigenvalue weighted by Gasteiger charge is 2.21. The molecule has 0 spiro atoms. The number of nitrogens with zero attached hydrogens (tertiary/aromatic N) is 2. The molecule has 176 valence electrons. The van der Waals surface area contributed by atoms with Crippen molar-refractivity contribution in [2.45, 2.75) is 39.2 Å². The Bertz CT molecular complexity index is 700. The highest BCUT2D eigenvalue weighted by atomic mass is 127. The average molecular weight is 553 g/mol. The number of guanidine groups is 1. The zero-order chi connectivity index (χ0) is 21.8. The highest BCUT2D eigenvalue weighted by molar-refractivity contribution is 14.0. The van der Waals surface area contributed by atoms with Crippen LogP contribution in [0.3, 0.4) is 0 Å². The molecule has 1 aliphatic heterocycles. The fraction of sp³-hybridized carbons (Fsp3) is 0.619. The first-order chi connectivity index (χ1) is 14.5. The topological polar surface area (TPSA) is 78.0 Å². The van der Waals surface area contributed by atoms with Gasteiger partial charge in [0.1, 0.15) is 12.4 Å². The number of hydrogen-bond donors (Lipinski definition) is 3. The van der Waals surface area contributed by atoms with Crippen molar-refractivity contribution in [3.8, 4) is 5.75 Å². The van der Waals surface area contributed by atoms with E-state index < -0.39 is 11.6 Å². The van der Waals surface area contributed by atoms with Crippen LogP contribution in [-0.4, -0.2) is 68.7 Å². The van der Waals surface area contributed by atoms with E-state index in [-0.39, 0.29) is 48.3 Å². The smallest absolute Gasteiger partial charge is 0.234 e. The first-order valence-electron chi connectivity index (χ1n) is 10.6. The summed E-state index contributed by atoms with van der Waals surface area (Å²) in [5.74, 6) is -0.769. The lowest BCUT2D eigenvalue weighted by molar-refractivity contribution is -0.122. The molecule has 1 aromatic rings. The van der Waals surface area contributed by atoms with Crippen molar-refractivity contribution in [1.29, 1.82) is 0 Å². The van der Waals surface area contributed by atoms with Gasteiger partial charge in [0.25, 0.3) is 0 Å². The Kier molecular flexibility index (Phi) is 13.4. The molecule has 0 atom stereocenters. The van der Waals surface area contributed by atoms with Gasteiger partial charge in [0.05, 0.1) is 13.1 Å². The molecule has 7 nitrogen and oxygen atoms in total. The fourth-order valence-corrected chi connectivity index (χ4v) is 3.16. The lowest BCUT2D eigenvalue weighted by Crippen LogP contribution is -2.50. The average Bonchev–Trinajstić information content (AvgIpc) is 2.73. The second-order valence-electron chi connectivity index (χ2n) is 7.23. The third-order valence-corrected chi connectivity index (χ3v) is 4.73. The summed E-state index contributed by atoms with van der Waals surface area (Å²) in [4.78, 5) is 18.5. The molecule has 1 fully saturated rings. The summed E-state index contributed by atoms with van der Waals surface area (Å²) in [5.41, 5.74) is 0. The van der Waals surface area contributed by atoms with Gasteiger partial charge in [-0.3, -0.25) is 9.69 Å². The van der Waals surface area contributed by atoms with Gasteiger partial charge in [0.15, 0.2) is 17.6 Å². The summed E-state index contributed by atoms with van der Waals surface area (Å²) < 4.78 is 31.6. The van der Waals surface area contributed by atoms with Gasteiger partial charge in [-0.1, -0.05) is 6.92 Å². The zero-order valence-corrected chi connectivity index (χ0v) is 20.6. The Morgan fingerprint density at radius 2 is 1.94 bits per heavy atom. The minimum Gasteiger partial charge on any atom is -0.492 e. The van der Waals surface area contributed by atoms with Crippen LogP contribution < -0.4 is 20.7 Å². The number of carbonyl (C=O) groups is 1. The lowest BCUT2D eigenvalue weighted by atomic mass is 10.1. The van der Waals surface area contributed by atoms with Crippen molar-refractivity contribution in [2.24, 2.45) is 4.99 Å². The minimum atomic E-state index is -0.930. The van der Waals surface area contributed by atoms with Crippen LogP contribution in [0.15, 0.2) is 23.2 Å². The van der Waals surface area contributed by atoms with Crippen molar-refractivity contribution >= 4 is 35.8 Å². The number of piperidine rings is 1. The van der Waals surface area contributed by atoms with Crippen LogP contribution in [0.1, 0.15) is 33.1 Å². The Hall–Kier alpha value is -1.69. The van der Waals surface area contributed by atoms with Crippen molar-refractivity contribution < 1.29 is 18.3 Å². The second-order valence-corrected chi connectivity index (χ2v) is 7.23. The van der Waals surface area contributed by atoms with Crippen LogP contribution in [0.5, 0.6) is 5.75 Å². The van der Waals surface area contributed by atoms with Crippen LogP contribution in [0, 0.1) is 11.6 Å². The number of carbonyl (C=O) groups excluding carboxylic acids is 1. The molecule has 0 radical (unpaired) electrons. The maximum atomic E-state index is 13.2. The van der Waals surface area contributed by atoms with Crippen LogP contribution >= 0.6 is 24.0 Å². The first kappa shape index (κ1) is 27.3. The third-order valence-electron chi connectivity index (χ3n) is 4.73. The van der Waals surface area contributed by atoms with E-state index in [2.05, 4.69) is 25.8 Å². The van der Waals surface area contributed by atoms with Gasteiger partial charge in [-0.05, 0) is 38.3 Å². The van der Waals surface area contributed by atoms with Crippen LogP contribution in [0.2, 0.25) is 0 Å². The van der Waals surface area contributed by atoms with Gasteiger partial charge in [-0.25, -0.2) is 13.8 Å². The number of rotatable bonds is 10. The number of benzene rings is 1. The number of aliphatic imine (C=N–C) groups is 1. The summed E-state index contributed by atoms with van der Waals surface area (Å²) in [6.07, 6.45) is 2.80. The van der Waals surface area contributed by atoms with Crippen LogP contribution in [-0.2, 0) is 4.79 Å². The van der Waals surface area contributed by atoms with Crippen molar-refractivity contribution in [1.82, 2.24) is 20.9 Å². The van der Waals surface area contributed by atoms with E-state index in [1.807, 2.05) is 13.8 Å². The first-order valence-corrected chi connectivity index (χ1v) is 10.6. The van der Waals surface area contributed by atoms with Gasteiger partial charge < -0.3 is 20.7 Å². The summed E-state index contributed by atoms with van der Waals surface area (Å²) in [5, 5.41) is 9.54. The van der Waals surface area contributed by atoms with Gasteiger partial charge >= 0.3 is 0 Å². The fourth-order valence-electron chi connectivity index (χ4n) is 3.16. The Morgan fingerprint density at radius 3 is 2.58 bits per heavy atom. The van der Waals surface area contributed by atoms with Crippen LogP contribution in [0.4, 0.5) is 8.78 Å². The normalized spacial score (nSPS) is 15.2. The molecule has 3 N–H and O–H groups in total. The molecule has 1 aliphatic rings. The number of halogens is 3.